The summed E-state index contributed by atoms with van der Waals surface area (Å²) in [6.45, 7) is 2.85. The molecule has 1 saturated carbocycles. The lowest BCUT2D eigenvalue weighted by Gasteiger charge is -2.22. The van der Waals surface area contributed by atoms with Gasteiger partial charge < -0.3 is 4.74 Å². The maximum absolute atomic E-state index is 9.40. The minimum atomic E-state index is -0.406. The summed E-state index contributed by atoms with van der Waals surface area (Å²) in [5.41, 5.74) is -0.406. The molecule has 2 unspecified atom stereocenters. The maximum atomic E-state index is 9.40. The molecule has 0 aromatic heterocycles. The molecule has 0 aliphatic heterocycles. The molecule has 0 spiro atoms. The highest BCUT2D eigenvalue weighted by Crippen LogP contribution is 2.33. The fraction of sp³-hybridized carbons (Fsp3) is 0.389. The van der Waals surface area contributed by atoms with Crippen molar-refractivity contribution in [3.05, 3.63) is 42.5 Å². The molecular formula is C18H20N2O. The Bertz CT molecular complexity index is 676. The van der Waals surface area contributed by atoms with Gasteiger partial charge in [0.2, 0.25) is 0 Å². The second-order valence-electron chi connectivity index (χ2n) is 5.72. The highest BCUT2D eigenvalue weighted by atomic mass is 16.5. The summed E-state index contributed by atoms with van der Waals surface area (Å²) in [6.07, 6.45) is 2.65. The van der Waals surface area contributed by atoms with Gasteiger partial charge in [-0.05, 0) is 42.3 Å². The number of nitrogens with one attached hydrogen (secondary N) is 1. The van der Waals surface area contributed by atoms with Gasteiger partial charge in [-0.1, -0.05) is 37.3 Å². The van der Waals surface area contributed by atoms with Crippen LogP contribution >= 0.6 is 0 Å². The number of hydrogen-bond donors (Lipinski definition) is 1. The van der Waals surface area contributed by atoms with Crippen LogP contribution < -0.4 is 10.1 Å². The largest absolute Gasteiger partial charge is 0.490 e. The topological polar surface area (TPSA) is 45.0 Å². The highest BCUT2D eigenvalue weighted by Gasteiger charge is 2.39. The van der Waals surface area contributed by atoms with E-state index in [-0.39, 0.29) is 6.10 Å². The quantitative estimate of drug-likeness (QED) is 0.930. The molecule has 2 aromatic rings. The minimum Gasteiger partial charge on any atom is -0.490 e. The van der Waals surface area contributed by atoms with Gasteiger partial charge in [-0.3, -0.25) is 5.32 Å². The lowest BCUT2D eigenvalue weighted by Crippen LogP contribution is -2.42. The molecule has 3 heteroatoms. The summed E-state index contributed by atoms with van der Waals surface area (Å²) >= 11 is 0. The Hall–Kier alpha value is -2.05. The molecule has 108 valence electrons. The zero-order valence-corrected chi connectivity index (χ0v) is 12.3. The van der Waals surface area contributed by atoms with E-state index in [2.05, 4.69) is 35.7 Å². The van der Waals surface area contributed by atoms with Crippen molar-refractivity contribution in [1.29, 1.82) is 5.26 Å². The van der Waals surface area contributed by atoms with E-state index in [1.165, 1.54) is 10.8 Å². The molecule has 1 aliphatic carbocycles. The third-order valence-electron chi connectivity index (χ3n) is 4.22. The first-order chi connectivity index (χ1) is 10.2. The van der Waals surface area contributed by atoms with E-state index in [0.29, 0.717) is 0 Å². The van der Waals surface area contributed by atoms with Crippen LogP contribution in [-0.4, -0.2) is 18.2 Å². The smallest absolute Gasteiger partial charge is 0.120 e. The van der Waals surface area contributed by atoms with Crippen molar-refractivity contribution in [3.8, 4) is 11.8 Å². The van der Waals surface area contributed by atoms with Crippen molar-refractivity contribution >= 4 is 10.8 Å². The van der Waals surface area contributed by atoms with Crippen LogP contribution in [-0.2, 0) is 0 Å². The van der Waals surface area contributed by atoms with Gasteiger partial charge in [0, 0.05) is 6.42 Å². The molecule has 0 saturated heterocycles. The standard InChI is InChI=1S/C18H20N2O/c1-2-20-18(13-19)10-9-17(12-18)21-16-8-7-14-5-3-4-6-15(14)11-16/h3-8,11,17,20H,2,9-10,12H2,1H3. The Morgan fingerprint density at radius 1 is 1.29 bits per heavy atom. The number of rotatable bonds is 4. The molecule has 0 radical (unpaired) electrons. The fourth-order valence-electron chi connectivity index (χ4n) is 3.17. The molecule has 1 aliphatic rings. The zero-order chi connectivity index (χ0) is 14.7. The summed E-state index contributed by atoms with van der Waals surface area (Å²) < 4.78 is 6.10. The van der Waals surface area contributed by atoms with Crippen LogP contribution in [0.1, 0.15) is 26.2 Å². The molecule has 2 atom stereocenters. The summed E-state index contributed by atoms with van der Waals surface area (Å²) in [5.74, 6) is 0.893. The molecule has 3 nitrogen and oxygen atoms in total. The Labute approximate surface area is 125 Å². The van der Waals surface area contributed by atoms with Gasteiger partial charge in [-0.2, -0.15) is 5.26 Å². The van der Waals surface area contributed by atoms with E-state index in [1.54, 1.807) is 0 Å². The molecule has 0 amide bonds. The first-order valence-electron chi connectivity index (χ1n) is 7.56. The fourth-order valence-corrected chi connectivity index (χ4v) is 3.17. The van der Waals surface area contributed by atoms with E-state index in [4.69, 9.17) is 4.74 Å². The lowest BCUT2D eigenvalue weighted by molar-refractivity contribution is 0.201. The molecule has 2 aromatic carbocycles. The van der Waals surface area contributed by atoms with Gasteiger partial charge in [0.05, 0.1) is 6.07 Å². The third-order valence-corrected chi connectivity index (χ3v) is 4.22. The molecule has 1 N–H and O–H groups in total. The molecule has 3 rings (SSSR count). The Balaban J connectivity index is 1.73. The lowest BCUT2D eigenvalue weighted by atomic mass is 10.00. The summed E-state index contributed by atoms with van der Waals surface area (Å²) in [6, 6.07) is 16.9. The maximum Gasteiger partial charge on any atom is 0.120 e. The van der Waals surface area contributed by atoms with Crippen LogP contribution in [0.5, 0.6) is 5.75 Å². The molecule has 1 fully saturated rings. The van der Waals surface area contributed by atoms with E-state index in [1.807, 2.05) is 25.1 Å². The van der Waals surface area contributed by atoms with Crippen molar-refractivity contribution in [2.45, 2.75) is 37.8 Å². The van der Waals surface area contributed by atoms with Gasteiger partial charge in [0.15, 0.2) is 0 Å². The van der Waals surface area contributed by atoms with E-state index < -0.39 is 5.54 Å². The third kappa shape index (κ3) is 2.86. The Morgan fingerprint density at radius 3 is 2.86 bits per heavy atom. The van der Waals surface area contributed by atoms with Crippen LogP contribution in [0.3, 0.4) is 0 Å². The highest BCUT2D eigenvalue weighted by molar-refractivity contribution is 5.83. The van der Waals surface area contributed by atoms with Crippen molar-refractivity contribution < 1.29 is 4.74 Å². The Kier molecular flexibility index (Phi) is 3.81. The van der Waals surface area contributed by atoms with Crippen LogP contribution in [0.15, 0.2) is 42.5 Å². The van der Waals surface area contributed by atoms with Crippen LogP contribution in [0.25, 0.3) is 10.8 Å². The normalized spacial score (nSPS) is 24.9. The predicted molar refractivity (Wildman–Crippen MR) is 84.2 cm³/mol. The van der Waals surface area contributed by atoms with Crippen molar-refractivity contribution in [1.82, 2.24) is 5.32 Å². The Morgan fingerprint density at radius 2 is 2.10 bits per heavy atom. The van der Waals surface area contributed by atoms with Gasteiger partial charge >= 0.3 is 0 Å². The molecular weight excluding hydrogens is 260 g/mol. The second kappa shape index (κ2) is 5.75. The SMILES string of the molecule is CCNC1(C#N)CCC(Oc2ccc3ccccc3c2)C1. The van der Waals surface area contributed by atoms with Gasteiger partial charge in [0.25, 0.3) is 0 Å². The summed E-state index contributed by atoms with van der Waals surface area (Å²) in [5, 5.41) is 15.1. The summed E-state index contributed by atoms with van der Waals surface area (Å²) in [7, 11) is 0. The minimum absolute atomic E-state index is 0.116. The number of benzene rings is 2. The van der Waals surface area contributed by atoms with E-state index >= 15 is 0 Å². The first-order valence-corrected chi connectivity index (χ1v) is 7.56. The second-order valence-corrected chi connectivity index (χ2v) is 5.72. The van der Waals surface area contributed by atoms with E-state index in [9.17, 15) is 5.26 Å². The average Bonchev–Trinajstić information content (AvgIpc) is 2.91. The van der Waals surface area contributed by atoms with Crippen LogP contribution in [0.4, 0.5) is 0 Å². The number of hydrogen-bond acceptors (Lipinski definition) is 3. The van der Waals surface area contributed by atoms with E-state index in [0.717, 1.165) is 31.6 Å². The molecule has 0 bridgehead atoms. The average molecular weight is 280 g/mol. The van der Waals surface area contributed by atoms with Gasteiger partial charge in [-0.15, -0.1) is 0 Å². The molecule has 0 heterocycles. The number of nitrogens with zero attached hydrogens (tertiary/aromatic N) is 1. The molecule has 21 heavy (non-hydrogen) atoms. The van der Waals surface area contributed by atoms with Crippen molar-refractivity contribution in [2.75, 3.05) is 6.54 Å². The van der Waals surface area contributed by atoms with Crippen LogP contribution in [0, 0.1) is 11.3 Å². The number of fused-ring (bicyclic) bond motifs is 1. The van der Waals surface area contributed by atoms with Crippen molar-refractivity contribution in [3.63, 3.8) is 0 Å². The predicted octanol–water partition coefficient (Wildman–Crippen LogP) is 3.64. The zero-order valence-electron chi connectivity index (χ0n) is 12.3. The monoisotopic (exact) mass is 280 g/mol. The van der Waals surface area contributed by atoms with Crippen LogP contribution in [0.2, 0.25) is 0 Å². The van der Waals surface area contributed by atoms with Gasteiger partial charge in [-0.25, -0.2) is 0 Å². The number of nitriles is 1. The first kappa shape index (κ1) is 13.9. The summed E-state index contributed by atoms with van der Waals surface area (Å²) in [4.78, 5) is 0. The number of ether oxygens (including phenoxy) is 1. The van der Waals surface area contributed by atoms with Crippen molar-refractivity contribution in [2.24, 2.45) is 0 Å². The van der Waals surface area contributed by atoms with Gasteiger partial charge in [0.1, 0.15) is 17.4 Å².